The zero-order chi connectivity index (χ0) is 11.5. The molecule has 0 atom stereocenters. The molecule has 0 aliphatic heterocycles. The SMILES string of the molecule is CC(C)C(C)(C)CNc1cccc(N)n1. The van der Waals surface area contributed by atoms with Gasteiger partial charge in [0, 0.05) is 6.54 Å². The molecule has 0 aliphatic carbocycles. The summed E-state index contributed by atoms with van der Waals surface area (Å²) in [6, 6.07) is 5.64. The predicted octanol–water partition coefficient (Wildman–Crippen LogP) is 2.76. The summed E-state index contributed by atoms with van der Waals surface area (Å²) in [5.41, 5.74) is 5.86. The van der Waals surface area contributed by atoms with Crippen LogP contribution in [0.5, 0.6) is 0 Å². The summed E-state index contributed by atoms with van der Waals surface area (Å²) in [5, 5.41) is 3.32. The molecule has 1 aromatic rings. The molecule has 0 aromatic carbocycles. The average molecular weight is 207 g/mol. The van der Waals surface area contributed by atoms with E-state index in [0.717, 1.165) is 12.4 Å². The fourth-order valence-electron chi connectivity index (χ4n) is 1.07. The smallest absolute Gasteiger partial charge is 0.128 e. The normalized spacial score (nSPS) is 11.8. The third-order valence-electron chi connectivity index (χ3n) is 3.06. The highest BCUT2D eigenvalue weighted by atomic mass is 15.0. The summed E-state index contributed by atoms with van der Waals surface area (Å²) < 4.78 is 0. The molecule has 3 N–H and O–H groups in total. The van der Waals surface area contributed by atoms with Crippen LogP contribution in [0.2, 0.25) is 0 Å². The molecule has 0 unspecified atom stereocenters. The van der Waals surface area contributed by atoms with Gasteiger partial charge in [-0.3, -0.25) is 0 Å². The molecule has 0 spiro atoms. The molecule has 0 saturated carbocycles. The Morgan fingerprint density at radius 2 is 2.07 bits per heavy atom. The Kier molecular flexibility index (Phi) is 3.56. The summed E-state index contributed by atoms with van der Waals surface area (Å²) in [5.74, 6) is 2.04. The fraction of sp³-hybridized carbons (Fsp3) is 0.583. The van der Waals surface area contributed by atoms with Crippen molar-refractivity contribution >= 4 is 11.6 Å². The maximum atomic E-state index is 5.61. The van der Waals surface area contributed by atoms with E-state index in [-0.39, 0.29) is 5.41 Å². The maximum Gasteiger partial charge on any atom is 0.128 e. The van der Waals surface area contributed by atoms with Gasteiger partial charge in [-0.2, -0.15) is 0 Å². The van der Waals surface area contributed by atoms with Gasteiger partial charge in [0.2, 0.25) is 0 Å². The minimum Gasteiger partial charge on any atom is -0.384 e. The first-order chi connectivity index (χ1) is 6.92. The molecule has 0 amide bonds. The monoisotopic (exact) mass is 207 g/mol. The number of nitrogen functional groups attached to an aromatic ring is 1. The highest BCUT2D eigenvalue weighted by Gasteiger charge is 2.21. The number of hydrogen-bond donors (Lipinski definition) is 2. The van der Waals surface area contributed by atoms with Crippen LogP contribution in [0.25, 0.3) is 0 Å². The number of anilines is 2. The quantitative estimate of drug-likeness (QED) is 0.798. The number of pyridine rings is 1. The van der Waals surface area contributed by atoms with E-state index < -0.39 is 0 Å². The Balaban J connectivity index is 2.57. The molecule has 15 heavy (non-hydrogen) atoms. The number of aromatic nitrogens is 1. The van der Waals surface area contributed by atoms with Crippen LogP contribution in [0.15, 0.2) is 18.2 Å². The van der Waals surface area contributed by atoms with E-state index in [1.807, 2.05) is 12.1 Å². The van der Waals surface area contributed by atoms with Crippen molar-refractivity contribution in [2.45, 2.75) is 27.7 Å². The van der Waals surface area contributed by atoms with Crippen molar-refractivity contribution in [1.82, 2.24) is 4.98 Å². The standard InChI is InChI=1S/C12H21N3/c1-9(2)12(3,4)8-14-11-7-5-6-10(13)15-11/h5-7,9H,8H2,1-4H3,(H3,13,14,15). The minimum absolute atomic E-state index is 0.256. The van der Waals surface area contributed by atoms with Crippen LogP contribution in [0.1, 0.15) is 27.7 Å². The van der Waals surface area contributed by atoms with Crippen molar-refractivity contribution in [3.63, 3.8) is 0 Å². The average Bonchev–Trinajstić information content (AvgIpc) is 2.15. The van der Waals surface area contributed by atoms with E-state index in [9.17, 15) is 0 Å². The van der Waals surface area contributed by atoms with Crippen molar-refractivity contribution in [2.75, 3.05) is 17.6 Å². The van der Waals surface area contributed by atoms with Gasteiger partial charge in [0.15, 0.2) is 0 Å². The lowest BCUT2D eigenvalue weighted by Crippen LogP contribution is -2.28. The van der Waals surface area contributed by atoms with Crippen molar-refractivity contribution in [3.05, 3.63) is 18.2 Å². The van der Waals surface area contributed by atoms with Crippen LogP contribution in [0.3, 0.4) is 0 Å². The Hall–Kier alpha value is -1.25. The third-order valence-corrected chi connectivity index (χ3v) is 3.06. The number of nitrogens with zero attached hydrogens (tertiary/aromatic N) is 1. The highest BCUT2D eigenvalue weighted by molar-refractivity contribution is 5.42. The van der Waals surface area contributed by atoms with Crippen LogP contribution in [0, 0.1) is 11.3 Å². The number of nitrogens with one attached hydrogen (secondary N) is 1. The second-order valence-corrected chi connectivity index (χ2v) is 4.94. The molecule has 1 heterocycles. The van der Waals surface area contributed by atoms with Gasteiger partial charge in [-0.25, -0.2) is 4.98 Å². The molecule has 1 aromatic heterocycles. The molecule has 0 saturated heterocycles. The summed E-state index contributed by atoms with van der Waals surface area (Å²) in [4.78, 5) is 4.20. The van der Waals surface area contributed by atoms with Crippen LogP contribution >= 0.6 is 0 Å². The minimum atomic E-state index is 0.256. The predicted molar refractivity (Wildman–Crippen MR) is 65.8 cm³/mol. The van der Waals surface area contributed by atoms with E-state index in [2.05, 4.69) is 38.0 Å². The van der Waals surface area contributed by atoms with Gasteiger partial charge in [-0.1, -0.05) is 33.8 Å². The molecular weight excluding hydrogens is 186 g/mol. The van der Waals surface area contributed by atoms with Crippen LogP contribution in [-0.2, 0) is 0 Å². The van der Waals surface area contributed by atoms with E-state index in [4.69, 9.17) is 5.73 Å². The molecule has 1 rings (SSSR count). The van der Waals surface area contributed by atoms with Crippen molar-refractivity contribution in [1.29, 1.82) is 0 Å². The van der Waals surface area contributed by atoms with E-state index in [1.54, 1.807) is 6.07 Å². The van der Waals surface area contributed by atoms with Gasteiger partial charge >= 0.3 is 0 Å². The van der Waals surface area contributed by atoms with Gasteiger partial charge in [0.05, 0.1) is 0 Å². The van der Waals surface area contributed by atoms with E-state index in [0.29, 0.717) is 11.7 Å². The second kappa shape index (κ2) is 4.51. The maximum absolute atomic E-state index is 5.61. The zero-order valence-corrected chi connectivity index (χ0v) is 10.0. The molecule has 0 fully saturated rings. The molecule has 0 radical (unpaired) electrons. The first-order valence-corrected chi connectivity index (χ1v) is 5.38. The molecule has 84 valence electrons. The third kappa shape index (κ3) is 3.42. The van der Waals surface area contributed by atoms with Gasteiger partial charge in [0.25, 0.3) is 0 Å². The lowest BCUT2D eigenvalue weighted by molar-refractivity contribution is 0.269. The number of nitrogens with two attached hydrogens (primary N) is 1. The summed E-state index contributed by atoms with van der Waals surface area (Å²) in [6.45, 7) is 9.86. The first-order valence-electron chi connectivity index (χ1n) is 5.38. The van der Waals surface area contributed by atoms with Gasteiger partial charge in [0.1, 0.15) is 11.6 Å². The Bertz CT molecular complexity index is 318. The Morgan fingerprint density at radius 3 is 2.60 bits per heavy atom. The van der Waals surface area contributed by atoms with E-state index >= 15 is 0 Å². The lowest BCUT2D eigenvalue weighted by atomic mass is 9.81. The summed E-state index contributed by atoms with van der Waals surface area (Å²) >= 11 is 0. The van der Waals surface area contributed by atoms with Crippen LogP contribution in [0.4, 0.5) is 11.6 Å². The number of hydrogen-bond acceptors (Lipinski definition) is 3. The molecular formula is C12H21N3. The van der Waals surface area contributed by atoms with Crippen molar-refractivity contribution < 1.29 is 0 Å². The van der Waals surface area contributed by atoms with Crippen molar-refractivity contribution in [2.24, 2.45) is 11.3 Å². The number of rotatable bonds is 4. The molecule has 0 aliphatic rings. The second-order valence-electron chi connectivity index (χ2n) is 4.94. The Morgan fingerprint density at radius 1 is 1.40 bits per heavy atom. The summed E-state index contributed by atoms with van der Waals surface area (Å²) in [6.07, 6.45) is 0. The highest BCUT2D eigenvalue weighted by Crippen LogP contribution is 2.26. The topological polar surface area (TPSA) is 50.9 Å². The van der Waals surface area contributed by atoms with Gasteiger partial charge in [-0.05, 0) is 23.5 Å². The molecule has 0 bridgehead atoms. The van der Waals surface area contributed by atoms with Gasteiger partial charge < -0.3 is 11.1 Å². The molecule has 3 heteroatoms. The summed E-state index contributed by atoms with van der Waals surface area (Å²) in [7, 11) is 0. The fourth-order valence-corrected chi connectivity index (χ4v) is 1.07. The van der Waals surface area contributed by atoms with E-state index in [1.165, 1.54) is 0 Å². The van der Waals surface area contributed by atoms with Crippen LogP contribution < -0.4 is 11.1 Å². The molecule has 3 nitrogen and oxygen atoms in total. The van der Waals surface area contributed by atoms with Crippen molar-refractivity contribution in [3.8, 4) is 0 Å². The van der Waals surface area contributed by atoms with Gasteiger partial charge in [-0.15, -0.1) is 0 Å². The largest absolute Gasteiger partial charge is 0.384 e. The van der Waals surface area contributed by atoms with Crippen LogP contribution in [-0.4, -0.2) is 11.5 Å². The zero-order valence-electron chi connectivity index (χ0n) is 10.0. The first kappa shape index (κ1) is 11.8. The Labute approximate surface area is 92.1 Å². The lowest BCUT2D eigenvalue weighted by Gasteiger charge is -2.29.